The molecule has 0 radical (unpaired) electrons. The molecule has 4 rings (SSSR count). The smallest absolute Gasteiger partial charge is 0.307 e. The lowest BCUT2D eigenvalue weighted by molar-refractivity contribution is -0.151. The maximum absolute atomic E-state index is 12.6. The molecule has 1 aromatic rings. The standard InChI is InChI=1S/C16H16BrNO3/c17-11-2-1-3-12(8-11)18-15(19)13-9-4-6-10(7-5-9)14(13)16(20)21/h1-4,6,8-10,13-14H,5,7H2,(H,18,19)(H,20,21)/t9-,10-,13+,14-/m0/s1. The molecule has 0 aromatic heterocycles. The summed E-state index contributed by atoms with van der Waals surface area (Å²) in [6.07, 6.45) is 5.73. The Kier molecular flexibility index (Phi) is 3.85. The summed E-state index contributed by atoms with van der Waals surface area (Å²) in [6.45, 7) is 0. The highest BCUT2D eigenvalue weighted by atomic mass is 79.9. The lowest BCUT2D eigenvalue weighted by atomic mass is 9.62. The van der Waals surface area contributed by atoms with Gasteiger partial charge in [0.05, 0.1) is 11.8 Å². The van der Waals surface area contributed by atoms with E-state index in [1.165, 1.54) is 0 Å². The van der Waals surface area contributed by atoms with Crippen LogP contribution in [0, 0.1) is 23.7 Å². The van der Waals surface area contributed by atoms with E-state index >= 15 is 0 Å². The predicted octanol–water partition coefficient (Wildman–Crippen LogP) is 3.30. The Morgan fingerprint density at radius 1 is 1.14 bits per heavy atom. The average molecular weight is 350 g/mol. The number of benzene rings is 1. The van der Waals surface area contributed by atoms with Gasteiger partial charge >= 0.3 is 5.97 Å². The van der Waals surface area contributed by atoms with Gasteiger partial charge in [0, 0.05) is 10.2 Å². The van der Waals surface area contributed by atoms with Crippen LogP contribution < -0.4 is 5.32 Å². The van der Waals surface area contributed by atoms with Gasteiger partial charge in [-0.2, -0.15) is 0 Å². The van der Waals surface area contributed by atoms with Gasteiger partial charge in [-0.25, -0.2) is 0 Å². The first-order valence-corrected chi connectivity index (χ1v) is 7.83. The number of halogens is 1. The first kappa shape index (κ1) is 14.3. The van der Waals surface area contributed by atoms with Crippen LogP contribution in [0.15, 0.2) is 40.9 Å². The van der Waals surface area contributed by atoms with Gasteiger partial charge in [-0.1, -0.05) is 34.1 Å². The zero-order chi connectivity index (χ0) is 15.0. The van der Waals surface area contributed by atoms with Crippen LogP contribution >= 0.6 is 15.9 Å². The molecule has 4 nitrogen and oxygen atoms in total. The van der Waals surface area contributed by atoms with Crippen LogP contribution in [-0.2, 0) is 9.59 Å². The van der Waals surface area contributed by atoms with Crippen molar-refractivity contribution in [2.45, 2.75) is 12.8 Å². The lowest BCUT2D eigenvalue weighted by Crippen LogP contribution is -2.47. The second kappa shape index (κ2) is 5.64. The molecule has 2 bridgehead atoms. The molecule has 1 amide bonds. The van der Waals surface area contributed by atoms with Gasteiger partial charge in [0.2, 0.25) is 5.91 Å². The van der Waals surface area contributed by atoms with Gasteiger partial charge in [-0.3, -0.25) is 9.59 Å². The molecular weight excluding hydrogens is 334 g/mol. The highest BCUT2D eigenvalue weighted by Gasteiger charge is 2.48. The van der Waals surface area contributed by atoms with Crippen LogP contribution in [0.25, 0.3) is 0 Å². The van der Waals surface area contributed by atoms with E-state index in [1.807, 2.05) is 30.4 Å². The van der Waals surface area contributed by atoms with Crippen molar-refractivity contribution in [3.05, 3.63) is 40.9 Å². The molecule has 0 spiro atoms. The Labute approximate surface area is 131 Å². The third-order valence-corrected chi connectivity index (χ3v) is 4.92. The first-order chi connectivity index (χ1) is 10.1. The Morgan fingerprint density at radius 2 is 1.81 bits per heavy atom. The number of nitrogens with one attached hydrogen (secondary N) is 1. The fraction of sp³-hybridized carbons (Fsp3) is 0.375. The number of amides is 1. The van der Waals surface area contributed by atoms with Crippen LogP contribution in [0.3, 0.4) is 0 Å². The molecule has 0 heterocycles. The molecule has 5 heteroatoms. The molecule has 2 N–H and O–H groups in total. The molecule has 0 unspecified atom stereocenters. The van der Waals surface area contributed by atoms with E-state index in [-0.39, 0.29) is 17.7 Å². The van der Waals surface area contributed by atoms with Crippen molar-refractivity contribution in [3.63, 3.8) is 0 Å². The maximum atomic E-state index is 12.6. The number of rotatable bonds is 3. The summed E-state index contributed by atoms with van der Waals surface area (Å²) in [5.41, 5.74) is 0.684. The number of carboxylic acid groups (broad SMARTS) is 1. The largest absolute Gasteiger partial charge is 0.481 e. The molecule has 0 aliphatic heterocycles. The van der Waals surface area contributed by atoms with Crippen molar-refractivity contribution >= 4 is 33.5 Å². The minimum atomic E-state index is -0.872. The number of carboxylic acids is 1. The number of hydrogen-bond acceptors (Lipinski definition) is 2. The highest BCUT2D eigenvalue weighted by Crippen LogP contribution is 2.45. The molecule has 1 saturated carbocycles. The van der Waals surface area contributed by atoms with E-state index in [9.17, 15) is 14.7 Å². The molecular formula is C16H16BrNO3. The summed E-state index contributed by atoms with van der Waals surface area (Å²) in [7, 11) is 0. The molecule has 1 fully saturated rings. The monoisotopic (exact) mass is 349 g/mol. The summed E-state index contributed by atoms with van der Waals surface area (Å²) in [5.74, 6) is -2.15. The third-order valence-electron chi connectivity index (χ3n) is 4.43. The summed E-state index contributed by atoms with van der Waals surface area (Å²) in [4.78, 5) is 24.1. The number of hydrogen-bond donors (Lipinski definition) is 2. The second-order valence-electron chi connectivity index (χ2n) is 5.68. The van der Waals surface area contributed by atoms with Gasteiger partial charge in [0.1, 0.15) is 0 Å². The molecule has 3 aliphatic rings. The molecule has 21 heavy (non-hydrogen) atoms. The normalized spacial score (nSPS) is 30.1. The first-order valence-electron chi connectivity index (χ1n) is 7.04. The predicted molar refractivity (Wildman–Crippen MR) is 82.7 cm³/mol. The number of carbonyl (C=O) groups excluding carboxylic acids is 1. The summed E-state index contributed by atoms with van der Waals surface area (Å²) < 4.78 is 0.875. The lowest BCUT2D eigenvalue weighted by Gasteiger charge is -2.41. The average Bonchev–Trinajstić information content (AvgIpc) is 2.47. The number of fused-ring (bicyclic) bond motifs is 2. The molecule has 110 valence electrons. The van der Waals surface area contributed by atoms with Crippen molar-refractivity contribution in [1.82, 2.24) is 0 Å². The number of allylic oxidation sites excluding steroid dienone is 2. The van der Waals surface area contributed by atoms with E-state index < -0.39 is 17.8 Å². The summed E-state index contributed by atoms with van der Waals surface area (Å²) >= 11 is 3.36. The van der Waals surface area contributed by atoms with Gasteiger partial charge in [-0.15, -0.1) is 0 Å². The van der Waals surface area contributed by atoms with Gasteiger partial charge in [0.15, 0.2) is 0 Å². The van der Waals surface area contributed by atoms with Crippen LogP contribution in [0.2, 0.25) is 0 Å². The zero-order valence-electron chi connectivity index (χ0n) is 11.3. The molecule has 1 aromatic carbocycles. The third kappa shape index (κ3) is 2.75. The summed E-state index contributed by atoms with van der Waals surface area (Å²) in [5, 5.41) is 12.3. The fourth-order valence-corrected chi connectivity index (χ4v) is 3.88. The molecule has 4 atom stereocenters. The van der Waals surface area contributed by atoms with Crippen molar-refractivity contribution < 1.29 is 14.7 Å². The van der Waals surface area contributed by atoms with Crippen molar-refractivity contribution in [2.75, 3.05) is 5.32 Å². The zero-order valence-corrected chi connectivity index (χ0v) is 12.9. The van der Waals surface area contributed by atoms with E-state index in [4.69, 9.17) is 0 Å². The number of carbonyl (C=O) groups is 2. The highest BCUT2D eigenvalue weighted by molar-refractivity contribution is 9.10. The van der Waals surface area contributed by atoms with Crippen LogP contribution in [0.1, 0.15) is 12.8 Å². The van der Waals surface area contributed by atoms with Crippen molar-refractivity contribution in [3.8, 4) is 0 Å². The van der Waals surface area contributed by atoms with Crippen LogP contribution in [-0.4, -0.2) is 17.0 Å². The Bertz CT molecular complexity index is 613. The minimum Gasteiger partial charge on any atom is -0.481 e. The van der Waals surface area contributed by atoms with Crippen LogP contribution in [0.5, 0.6) is 0 Å². The Morgan fingerprint density at radius 3 is 2.38 bits per heavy atom. The van der Waals surface area contributed by atoms with Crippen molar-refractivity contribution in [1.29, 1.82) is 0 Å². The van der Waals surface area contributed by atoms with Gasteiger partial charge in [0.25, 0.3) is 0 Å². The van der Waals surface area contributed by atoms with E-state index in [0.717, 1.165) is 17.3 Å². The maximum Gasteiger partial charge on any atom is 0.307 e. The SMILES string of the molecule is O=C(O)[C@@H]1[C@H](C(=O)Nc2cccc(Br)c2)[C@H]2C=C[C@H]1CC2. The second-order valence-corrected chi connectivity index (χ2v) is 6.60. The number of aliphatic carboxylic acids is 1. The topological polar surface area (TPSA) is 66.4 Å². The molecule has 0 saturated heterocycles. The van der Waals surface area contributed by atoms with E-state index in [0.29, 0.717) is 5.69 Å². The van der Waals surface area contributed by atoms with E-state index in [1.54, 1.807) is 6.07 Å². The van der Waals surface area contributed by atoms with Crippen molar-refractivity contribution in [2.24, 2.45) is 23.7 Å². The minimum absolute atomic E-state index is 0.0224. The fourth-order valence-electron chi connectivity index (χ4n) is 3.48. The Hall–Kier alpha value is -1.62. The Balaban J connectivity index is 1.83. The summed E-state index contributed by atoms with van der Waals surface area (Å²) in [6, 6.07) is 7.32. The van der Waals surface area contributed by atoms with Gasteiger partial charge in [-0.05, 0) is 42.9 Å². The van der Waals surface area contributed by atoms with E-state index in [2.05, 4.69) is 21.2 Å². The van der Waals surface area contributed by atoms with Crippen LogP contribution in [0.4, 0.5) is 5.69 Å². The quantitative estimate of drug-likeness (QED) is 0.822. The molecule has 3 aliphatic carbocycles. The number of anilines is 1. The van der Waals surface area contributed by atoms with Gasteiger partial charge < -0.3 is 10.4 Å².